The lowest BCUT2D eigenvalue weighted by Crippen LogP contribution is -2.36. The summed E-state index contributed by atoms with van der Waals surface area (Å²) in [5.41, 5.74) is -1.06. The molecule has 0 unspecified atom stereocenters. The van der Waals surface area contributed by atoms with E-state index in [1.54, 1.807) is 0 Å². The number of nitrogens with zero attached hydrogens (tertiary/aromatic N) is 2. The molecule has 0 fully saturated rings. The minimum absolute atomic E-state index is 0.0159. The van der Waals surface area contributed by atoms with E-state index in [0.29, 0.717) is 0 Å². The highest BCUT2D eigenvalue weighted by Gasteiger charge is 2.25. The highest BCUT2D eigenvalue weighted by Crippen LogP contribution is 2.22. The van der Waals surface area contributed by atoms with Crippen LogP contribution in [0.4, 0.5) is 5.69 Å². The van der Waals surface area contributed by atoms with Crippen LogP contribution in [0, 0.1) is 10.1 Å². The van der Waals surface area contributed by atoms with Crippen molar-refractivity contribution in [3.63, 3.8) is 0 Å². The Morgan fingerprint density at radius 2 is 1.89 bits per heavy atom. The molecule has 0 aliphatic carbocycles. The molecule has 2 amide bonds. The zero-order valence-corrected chi connectivity index (χ0v) is 14.8. The van der Waals surface area contributed by atoms with Crippen molar-refractivity contribution in [1.29, 1.82) is 0 Å². The number of nitro groups is 1. The molecule has 14 heteroatoms. The van der Waals surface area contributed by atoms with Gasteiger partial charge in [0.25, 0.3) is 5.91 Å². The van der Waals surface area contributed by atoms with E-state index in [9.17, 15) is 32.9 Å². The number of aromatic nitrogens is 1. The first-order valence-corrected chi connectivity index (χ1v) is 9.10. The molecule has 27 heavy (non-hydrogen) atoms. The Hall–Kier alpha value is -3.13. The SMILES string of the molecule is CS(=O)(=O)c1ncc(C(=O)NCCNC(=O)COCC(=O)O)cc1[N+](=O)[O-]. The van der Waals surface area contributed by atoms with Gasteiger partial charge in [0.1, 0.15) is 13.2 Å². The van der Waals surface area contributed by atoms with Crippen LogP contribution in [0.15, 0.2) is 17.3 Å². The smallest absolute Gasteiger partial charge is 0.329 e. The van der Waals surface area contributed by atoms with Crippen molar-refractivity contribution >= 4 is 33.3 Å². The molecule has 0 aliphatic rings. The van der Waals surface area contributed by atoms with Gasteiger partial charge in [0.05, 0.1) is 10.5 Å². The molecule has 1 heterocycles. The fraction of sp³-hybridized carbons (Fsp3) is 0.385. The summed E-state index contributed by atoms with van der Waals surface area (Å²) in [5, 5.41) is 23.3. The van der Waals surface area contributed by atoms with Gasteiger partial charge < -0.3 is 20.5 Å². The Morgan fingerprint density at radius 1 is 1.26 bits per heavy atom. The first-order chi connectivity index (χ1) is 12.5. The fourth-order valence-corrected chi connectivity index (χ4v) is 2.50. The minimum Gasteiger partial charge on any atom is -0.480 e. The zero-order chi connectivity index (χ0) is 20.6. The maximum absolute atomic E-state index is 11.9. The van der Waals surface area contributed by atoms with Crippen molar-refractivity contribution in [2.24, 2.45) is 0 Å². The number of sulfone groups is 1. The highest BCUT2D eigenvalue weighted by atomic mass is 32.2. The molecular formula is C13H16N4O9S. The molecule has 0 aliphatic heterocycles. The average Bonchev–Trinajstić information content (AvgIpc) is 2.56. The summed E-state index contributed by atoms with van der Waals surface area (Å²) in [6.07, 6.45) is 1.64. The monoisotopic (exact) mass is 404 g/mol. The average molecular weight is 404 g/mol. The lowest BCUT2D eigenvalue weighted by Gasteiger charge is -2.08. The summed E-state index contributed by atoms with van der Waals surface area (Å²) in [5.74, 6) is -2.58. The molecule has 3 N–H and O–H groups in total. The molecule has 0 bridgehead atoms. The van der Waals surface area contributed by atoms with Crippen LogP contribution in [0.25, 0.3) is 0 Å². The Kier molecular flexibility index (Phi) is 7.74. The van der Waals surface area contributed by atoms with E-state index in [4.69, 9.17) is 5.11 Å². The number of pyridine rings is 1. The van der Waals surface area contributed by atoms with Gasteiger partial charge >= 0.3 is 11.7 Å². The number of hydrogen-bond donors (Lipinski definition) is 3. The van der Waals surface area contributed by atoms with Gasteiger partial charge in [0.15, 0.2) is 9.84 Å². The van der Waals surface area contributed by atoms with Crippen LogP contribution < -0.4 is 10.6 Å². The molecule has 0 atom stereocenters. The van der Waals surface area contributed by atoms with Crippen molar-refractivity contribution in [3.05, 3.63) is 27.9 Å². The molecule has 1 rings (SSSR count). The summed E-state index contributed by atoms with van der Waals surface area (Å²) in [6, 6.07) is 0.789. The fourth-order valence-electron chi connectivity index (χ4n) is 1.74. The van der Waals surface area contributed by atoms with Crippen LogP contribution in [0.2, 0.25) is 0 Å². The molecule has 0 spiro atoms. The van der Waals surface area contributed by atoms with Gasteiger partial charge in [0, 0.05) is 31.6 Å². The number of amides is 2. The van der Waals surface area contributed by atoms with Gasteiger partial charge in [-0.1, -0.05) is 0 Å². The number of rotatable bonds is 10. The van der Waals surface area contributed by atoms with E-state index in [1.807, 2.05) is 0 Å². The largest absolute Gasteiger partial charge is 0.480 e. The standard InChI is InChI=1S/C13H16N4O9S/c1-27(24,25)13-9(17(22)23)4-8(5-16-13)12(21)15-3-2-14-10(18)6-26-7-11(19)20/h4-5H,2-3,6-7H2,1H3,(H,14,18)(H,15,21)(H,19,20). The first-order valence-electron chi connectivity index (χ1n) is 7.21. The summed E-state index contributed by atoms with van der Waals surface area (Å²) >= 11 is 0. The second-order valence-electron chi connectivity index (χ2n) is 5.07. The normalized spacial score (nSPS) is 10.9. The number of aliphatic carboxylic acids is 1. The lowest BCUT2D eigenvalue weighted by molar-refractivity contribution is -0.388. The number of carboxylic acid groups (broad SMARTS) is 1. The number of hydrogen-bond acceptors (Lipinski definition) is 9. The summed E-state index contributed by atoms with van der Waals surface area (Å²) in [6.45, 7) is -1.16. The first kappa shape index (κ1) is 21.9. The third kappa shape index (κ3) is 7.33. The van der Waals surface area contributed by atoms with Gasteiger partial charge in [-0.25, -0.2) is 18.2 Å². The second-order valence-corrected chi connectivity index (χ2v) is 7.00. The summed E-state index contributed by atoms with van der Waals surface area (Å²) < 4.78 is 27.5. The maximum Gasteiger partial charge on any atom is 0.329 e. The quantitative estimate of drug-likeness (QED) is 0.231. The van der Waals surface area contributed by atoms with Crippen molar-refractivity contribution in [3.8, 4) is 0 Å². The third-order valence-corrected chi connectivity index (χ3v) is 3.85. The lowest BCUT2D eigenvalue weighted by atomic mass is 10.2. The van der Waals surface area contributed by atoms with E-state index in [1.165, 1.54) is 0 Å². The zero-order valence-electron chi connectivity index (χ0n) is 14.0. The Labute approximate surface area is 152 Å². The maximum atomic E-state index is 11.9. The van der Waals surface area contributed by atoms with Gasteiger partial charge in [-0.15, -0.1) is 0 Å². The number of carbonyl (C=O) groups excluding carboxylic acids is 2. The van der Waals surface area contributed by atoms with E-state index < -0.39 is 56.5 Å². The highest BCUT2D eigenvalue weighted by molar-refractivity contribution is 7.90. The van der Waals surface area contributed by atoms with Crippen LogP contribution in [-0.2, 0) is 24.2 Å². The van der Waals surface area contributed by atoms with E-state index in [-0.39, 0.29) is 18.7 Å². The Bertz CT molecular complexity index is 853. The number of carboxylic acids is 1. The van der Waals surface area contributed by atoms with Crippen LogP contribution in [0.3, 0.4) is 0 Å². The molecule has 148 valence electrons. The summed E-state index contributed by atoms with van der Waals surface area (Å²) in [4.78, 5) is 47.0. The minimum atomic E-state index is -3.95. The van der Waals surface area contributed by atoms with Crippen molar-refractivity contribution in [2.45, 2.75) is 5.03 Å². The molecule has 13 nitrogen and oxygen atoms in total. The molecular weight excluding hydrogens is 388 g/mol. The van der Waals surface area contributed by atoms with Crippen molar-refractivity contribution < 1.29 is 37.6 Å². The van der Waals surface area contributed by atoms with Crippen LogP contribution >= 0.6 is 0 Å². The van der Waals surface area contributed by atoms with Gasteiger partial charge in [0.2, 0.25) is 10.9 Å². The van der Waals surface area contributed by atoms with E-state index >= 15 is 0 Å². The summed E-state index contributed by atoms with van der Waals surface area (Å²) in [7, 11) is -3.95. The molecule has 0 saturated heterocycles. The van der Waals surface area contributed by atoms with Crippen molar-refractivity contribution in [1.82, 2.24) is 15.6 Å². The van der Waals surface area contributed by atoms with Crippen LogP contribution in [0.5, 0.6) is 0 Å². The predicted molar refractivity (Wildman–Crippen MR) is 87.8 cm³/mol. The Morgan fingerprint density at radius 3 is 2.44 bits per heavy atom. The van der Waals surface area contributed by atoms with Gasteiger partial charge in [-0.05, 0) is 0 Å². The molecule has 0 radical (unpaired) electrons. The van der Waals surface area contributed by atoms with Crippen LogP contribution in [-0.4, -0.2) is 73.8 Å². The van der Waals surface area contributed by atoms with Gasteiger partial charge in [-0.3, -0.25) is 19.7 Å². The van der Waals surface area contributed by atoms with Crippen LogP contribution in [0.1, 0.15) is 10.4 Å². The number of ether oxygens (including phenoxy) is 1. The molecule has 1 aromatic rings. The number of carbonyl (C=O) groups is 3. The van der Waals surface area contributed by atoms with E-state index in [0.717, 1.165) is 18.5 Å². The third-order valence-electron chi connectivity index (χ3n) is 2.83. The molecule has 0 aromatic carbocycles. The van der Waals surface area contributed by atoms with Gasteiger partial charge in [-0.2, -0.15) is 0 Å². The predicted octanol–water partition coefficient (Wildman–Crippen LogP) is -1.66. The molecule has 1 aromatic heterocycles. The number of nitrogens with one attached hydrogen (secondary N) is 2. The van der Waals surface area contributed by atoms with Crippen molar-refractivity contribution in [2.75, 3.05) is 32.6 Å². The van der Waals surface area contributed by atoms with E-state index in [2.05, 4.69) is 20.4 Å². The second kappa shape index (κ2) is 9.54. The topological polar surface area (TPSA) is 195 Å². The molecule has 0 saturated carbocycles. The Balaban J connectivity index is 2.58.